The van der Waals surface area contributed by atoms with E-state index in [9.17, 15) is 14.4 Å². The summed E-state index contributed by atoms with van der Waals surface area (Å²) in [6, 6.07) is 0. The van der Waals surface area contributed by atoms with Crippen molar-refractivity contribution in [1.82, 2.24) is 0 Å². The van der Waals surface area contributed by atoms with Crippen molar-refractivity contribution in [1.29, 1.82) is 0 Å². The third-order valence-electron chi connectivity index (χ3n) is 13.2. The van der Waals surface area contributed by atoms with Crippen LogP contribution < -0.4 is 0 Å². The van der Waals surface area contributed by atoms with Gasteiger partial charge in [-0.25, -0.2) is 0 Å². The Morgan fingerprint density at radius 3 is 0.873 bits per heavy atom. The molecular weight excluding hydrogens is 877 g/mol. The van der Waals surface area contributed by atoms with Gasteiger partial charge in [0.1, 0.15) is 13.2 Å². The standard InChI is InChI=1S/C65H114O6/c1-4-7-10-13-16-19-22-24-26-28-29-30-31-32-33-34-35-36-37-38-40-41-43-46-49-52-55-58-64(67)70-61-62(60-69-63(66)57-54-51-48-45-21-18-15-12-9-6-3)71-65(68)59-56-53-50-47-44-42-39-27-25-23-20-17-14-11-8-5-2/h7,10,16,19,24,26-27,29-30,32-33,39,62H,4-6,8-9,11-15,17-18,20-23,25,28,31,34-38,40-61H2,1-3H3/b10-7-,19-16-,26-24-,30-29-,33-32-,39-27-. The predicted molar refractivity (Wildman–Crippen MR) is 307 cm³/mol. The number of ether oxygens (including phenoxy) is 3. The zero-order chi connectivity index (χ0) is 51.4. The van der Waals surface area contributed by atoms with E-state index in [1.54, 1.807) is 0 Å². The molecule has 0 saturated heterocycles. The summed E-state index contributed by atoms with van der Waals surface area (Å²) in [6.07, 6.45) is 76.2. The van der Waals surface area contributed by atoms with Gasteiger partial charge in [-0.2, -0.15) is 0 Å². The highest BCUT2D eigenvalue weighted by Crippen LogP contribution is 2.16. The first kappa shape index (κ1) is 67.8. The molecule has 0 heterocycles. The van der Waals surface area contributed by atoms with Crippen LogP contribution in [0.5, 0.6) is 0 Å². The third-order valence-corrected chi connectivity index (χ3v) is 13.2. The molecule has 71 heavy (non-hydrogen) atoms. The van der Waals surface area contributed by atoms with Crippen LogP contribution in [0, 0.1) is 0 Å². The fourth-order valence-electron chi connectivity index (χ4n) is 8.64. The number of hydrogen-bond donors (Lipinski definition) is 0. The molecule has 0 aromatic heterocycles. The van der Waals surface area contributed by atoms with Gasteiger partial charge in [0.05, 0.1) is 0 Å². The maximum atomic E-state index is 12.8. The predicted octanol–water partition coefficient (Wildman–Crippen LogP) is 20.5. The maximum absolute atomic E-state index is 12.8. The van der Waals surface area contributed by atoms with Gasteiger partial charge in [-0.05, 0) is 89.9 Å². The Balaban J connectivity index is 4.22. The van der Waals surface area contributed by atoms with Crippen molar-refractivity contribution in [2.24, 2.45) is 0 Å². The average molecular weight is 992 g/mol. The Bertz CT molecular complexity index is 1320. The van der Waals surface area contributed by atoms with Crippen LogP contribution in [-0.4, -0.2) is 37.2 Å². The van der Waals surface area contributed by atoms with Gasteiger partial charge < -0.3 is 14.2 Å². The lowest BCUT2D eigenvalue weighted by Gasteiger charge is -2.18. The quantitative estimate of drug-likeness (QED) is 0.0261. The summed E-state index contributed by atoms with van der Waals surface area (Å²) in [6.45, 7) is 6.53. The van der Waals surface area contributed by atoms with Crippen molar-refractivity contribution in [3.8, 4) is 0 Å². The molecule has 0 aliphatic heterocycles. The summed E-state index contributed by atoms with van der Waals surface area (Å²) >= 11 is 0. The zero-order valence-corrected chi connectivity index (χ0v) is 47.0. The third kappa shape index (κ3) is 57.6. The second-order valence-corrected chi connectivity index (χ2v) is 20.2. The van der Waals surface area contributed by atoms with Crippen LogP contribution in [0.1, 0.15) is 303 Å². The number of esters is 3. The Morgan fingerprint density at radius 1 is 0.296 bits per heavy atom. The van der Waals surface area contributed by atoms with E-state index in [2.05, 4.69) is 93.7 Å². The van der Waals surface area contributed by atoms with Gasteiger partial charge in [-0.1, -0.05) is 267 Å². The summed E-state index contributed by atoms with van der Waals surface area (Å²) in [7, 11) is 0. The van der Waals surface area contributed by atoms with Gasteiger partial charge in [0, 0.05) is 19.3 Å². The van der Waals surface area contributed by atoms with Crippen LogP contribution in [-0.2, 0) is 28.6 Å². The number of allylic oxidation sites excluding steroid dienone is 12. The van der Waals surface area contributed by atoms with E-state index in [0.717, 1.165) is 96.3 Å². The van der Waals surface area contributed by atoms with Crippen molar-refractivity contribution in [3.63, 3.8) is 0 Å². The molecule has 0 N–H and O–H groups in total. The Labute approximate surface area is 440 Å². The lowest BCUT2D eigenvalue weighted by atomic mass is 10.0. The molecule has 0 spiro atoms. The summed E-state index contributed by atoms with van der Waals surface area (Å²) in [5, 5.41) is 0. The number of unbranched alkanes of at least 4 members (excludes halogenated alkanes) is 32. The van der Waals surface area contributed by atoms with Gasteiger partial charge in [-0.15, -0.1) is 0 Å². The van der Waals surface area contributed by atoms with E-state index in [1.807, 2.05) is 0 Å². The highest BCUT2D eigenvalue weighted by molar-refractivity contribution is 5.71. The molecule has 0 aromatic carbocycles. The van der Waals surface area contributed by atoms with Crippen LogP contribution in [0.4, 0.5) is 0 Å². The first-order valence-corrected chi connectivity index (χ1v) is 30.4. The molecule has 0 fully saturated rings. The molecule has 0 saturated carbocycles. The minimum Gasteiger partial charge on any atom is -0.462 e. The lowest BCUT2D eigenvalue weighted by molar-refractivity contribution is -0.167. The van der Waals surface area contributed by atoms with Crippen molar-refractivity contribution >= 4 is 17.9 Å². The molecule has 0 radical (unpaired) electrons. The number of carbonyl (C=O) groups excluding carboxylic acids is 3. The minimum absolute atomic E-state index is 0.0762. The second kappa shape index (κ2) is 59.4. The minimum atomic E-state index is -0.778. The molecule has 0 aromatic rings. The molecule has 0 amide bonds. The highest BCUT2D eigenvalue weighted by atomic mass is 16.6. The van der Waals surface area contributed by atoms with Gasteiger partial charge in [-0.3, -0.25) is 14.4 Å². The van der Waals surface area contributed by atoms with Crippen LogP contribution in [0.3, 0.4) is 0 Å². The molecule has 0 bridgehead atoms. The fraction of sp³-hybridized carbons (Fsp3) is 0.769. The molecule has 410 valence electrons. The molecule has 6 heteroatoms. The SMILES string of the molecule is CC/C=C\C/C=C\C/C=C\C/C=C\C/C=C\CCCCCCCCCCCCCC(=O)OCC(COC(=O)CCCCCCCCCCCC)OC(=O)CCCCCCC/C=C\CCCCCCCCC. The number of carbonyl (C=O) groups is 3. The van der Waals surface area contributed by atoms with E-state index < -0.39 is 6.10 Å². The smallest absolute Gasteiger partial charge is 0.306 e. The Hall–Kier alpha value is -3.15. The number of hydrogen-bond acceptors (Lipinski definition) is 6. The summed E-state index contributed by atoms with van der Waals surface area (Å²) in [5.74, 6) is -0.878. The van der Waals surface area contributed by atoms with E-state index in [-0.39, 0.29) is 31.1 Å². The van der Waals surface area contributed by atoms with Gasteiger partial charge in [0.25, 0.3) is 0 Å². The molecular formula is C65H114O6. The van der Waals surface area contributed by atoms with Crippen molar-refractivity contribution in [3.05, 3.63) is 72.9 Å². The molecule has 1 atom stereocenters. The first-order chi connectivity index (χ1) is 35.0. The molecule has 1 unspecified atom stereocenters. The average Bonchev–Trinajstić information content (AvgIpc) is 3.37. The molecule has 0 aliphatic carbocycles. The van der Waals surface area contributed by atoms with Crippen LogP contribution in [0.15, 0.2) is 72.9 Å². The summed E-state index contributed by atoms with van der Waals surface area (Å²) in [4.78, 5) is 38.1. The topological polar surface area (TPSA) is 78.9 Å². The van der Waals surface area contributed by atoms with E-state index in [4.69, 9.17) is 14.2 Å². The Kier molecular flexibility index (Phi) is 56.8. The second-order valence-electron chi connectivity index (χ2n) is 20.2. The van der Waals surface area contributed by atoms with Crippen molar-refractivity contribution in [2.45, 2.75) is 309 Å². The van der Waals surface area contributed by atoms with Crippen LogP contribution in [0.25, 0.3) is 0 Å². The molecule has 6 nitrogen and oxygen atoms in total. The maximum Gasteiger partial charge on any atom is 0.306 e. The zero-order valence-electron chi connectivity index (χ0n) is 47.0. The monoisotopic (exact) mass is 991 g/mol. The summed E-state index contributed by atoms with van der Waals surface area (Å²) < 4.78 is 16.9. The molecule has 0 rings (SSSR count). The van der Waals surface area contributed by atoms with Crippen molar-refractivity contribution < 1.29 is 28.6 Å². The lowest BCUT2D eigenvalue weighted by Crippen LogP contribution is -2.30. The molecule has 0 aliphatic rings. The van der Waals surface area contributed by atoms with Crippen LogP contribution in [0.2, 0.25) is 0 Å². The van der Waals surface area contributed by atoms with Gasteiger partial charge in [0.2, 0.25) is 0 Å². The largest absolute Gasteiger partial charge is 0.462 e. The van der Waals surface area contributed by atoms with Crippen LogP contribution >= 0.6 is 0 Å². The fourth-order valence-corrected chi connectivity index (χ4v) is 8.64. The van der Waals surface area contributed by atoms with E-state index in [1.165, 1.54) is 167 Å². The Morgan fingerprint density at radius 2 is 0.549 bits per heavy atom. The summed E-state index contributed by atoms with van der Waals surface area (Å²) in [5.41, 5.74) is 0. The number of rotatable bonds is 55. The first-order valence-electron chi connectivity index (χ1n) is 30.4. The normalized spacial score (nSPS) is 12.5. The van der Waals surface area contributed by atoms with E-state index in [0.29, 0.717) is 19.3 Å². The van der Waals surface area contributed by atoms with Crippen molar-refractivity contribution in [2.75, 3.05) is 13.2 Å². The van der Waals surface area contributed by atoms with Gasteiger partial charge in [0.15, 0.2) is 6.10 Å². The van der Waals surface area contributed by atoms with E-state index >= 15 is 0 Å². The highest BCUT2D eigenvalue weighted by Gasteiger charge is 2.19. The van der Waals surface area contributed by atoms with Gasteiger partial charge >= 0.3 is 17.9 Å².